The third-order valence-electron chi connectivity index (χ3n) is 11.8. The number of imide groups is 2. The highest BCUT2D eigenvalue weighted by molar-refractivity contribution is 6.36. The topological polar surface area (TPSA) is 135 Å². The fraction of sp³-hybridized carbons (Fsp3) is 0.268. The van der Waals surface area contributed by atoms with E-state index in [1.165, 1.54) is 34.1 Å². The first-order chi connectivity index (χ1) is 27.2. The highest BCUT2D eigenvalue weighted by Crippen LogP contribution is 2.49. The number of anilines is 2. The van der Waals surface area contributed by atoms with Gasteiger partial charge in [0.15, 0.2) is 11.6 Å². The van der Waals surface area contributed by atoms with Crippen LogP contribution in [0.15, 0.2) is 84.9 Å². The van der Waals surface area contributed by atoms with E-state index in [0.29, 0.717) is 34.3 Å². The number of likely N-dealkylation sites (N-methyl/N-ethyl adjacent to an activating group) is 2. The monoisotopic (exact) mass is 841 g/mol. The lowest BCUT2D eigenvalue weighted by Crippen LogP contribution is -2.55. The zero-order chi connectivity index (χ0) is 40.6. The molecule has 0 saturated carbocycles. The molecule has 4 heterocycles. The number of carbonyl (C=O) groups is 4. The van der Waals surface area contributed by atoms with Crippen LogP contribution in [0.5, 0.6) is 0 Å². The molecule has 0 bridgehead atoms. The molecule has 1 unspecified atom stereocenters. The summed E-state index contributed by atoms with van der Waals surface area (Å²) in [5.41, 5.74) is 0.215. The second-order valence-corrected chi connectivity index (χ2v) is 16.6. The Hall–Kier alpha value is -5.18. The number of urea groups is 2. The average molecular weight is 844 g/mol. The van der Waals surface area contributed by atoms with Gasteiger partial charge in [0.2, 0.25) is 5.02 Å². The minimum atomic E-state index is -1.37. The maximum absolute atomic E-state index is 14.9. The van der Waals surface area contributed by atoms with Crippen LogP contribution in [0.3, 0.4) is 0 Å². The minimum absolute atomic E-state index is 0.132. The van der Waals surface area contributed by atoms with Crippen molar-refractivity contribution in [3.8, 4) is 12.1 Å². The van der Waals surface area contributed by atoms with E-state index in [9.17, 15) is 29.7 Å². The lowest BCUT2D eigenvalue weighted by atomic mass is 9.80. The Bertz CT molecular complexity index is 2240. The third kappa shape index (κ3) is 6.11. The van der Waals surface area contributed by atoms with Gasteiger partial charge in [-0.25, -0.2) is 19.4 Å². The molecule has 0 radical (unpaired) electrons. The average Bonchev–Trinajstić information content (AvgIpc) is 3.86. The molecule has 0 N–H and O–H groups in total. The van der Waals surface area contributed by atoms with Gasteiger partial charge >= 0.3 is 12.1 Å². The number of carbonyl (C=O) groups excluding carboxylic acids is 4. The van der Waals surface area contributed by atoms with Gasteiger partial charge in [0.05, 0.1) is 41.3 Å². The van der Waals surface area contributed by atoms with Crippen LogP contribution in [-0.4, -0.2) is 101 Å². The Morgan fingerprint density at radius 3 is 1.40 bits per heavy atom. The summed E-state index contributed by atoms with van der Waals surface area (Å²) in [5, 5.41) is 20.3. The molecule has 16 heteroatoms. The molecule has 288 valence electrons. The van der Waals surface area contributed by atoms with Gasteiger partial charge in [-0.1, -0.05) is 59.1 Å². The van der Waals surface area contributed by atoms with Crippen molar-refractivity contribution in [2.45, 2.75) is 22.9 Å². The number of likely N-dealkylation sites (tertiary alicyclic amines) is 2. The van der Waals surface area contributed by atoms with Gasteiger partial charge < -0.3 is 9.80 Å². The highest BCUT2D eigenvalue weighted by atomic mass is 35.5. The highest BCUT2D eigenvalue weighted by Gasteiger charge is 2.67. The van der Waals surface area contributed by atoms with Crippen molar-refractivity contribution >= 4 is 70.1 Å². The van der Waals surface area contributed by atoms with Gasteiger partial charge in [0, 0.05) is 79.3 Å². The fourth-order valence-electron chi connectivity index (χ4n) is 9.09. The molecule has 0 aliphatic carbocycles. The van der Waals surface area contributed by atoms with Crippen molar-refractivity contribution < 1.29 is 30.8 Å². The zero-order valence-electron chi connectivity index (χ0n) is 30.5. The predicted octanol–water partition coefficient (Wildman–Crippen LogP) is 6.22. The molecular weight excluding hydrogens is 810 g/mol. The molecule has 4 fully saturated rings. The first kappa shape index (κ1) is 38.7. The van der Waals surface area contributed by atoms with E-state index in [2.05, 4.69) is 21.9 Å². The quantitative estimate of drug-likeness (QED) is 0.209. The van der Waals surface area contributed by atoms with Crippen molar-refractivity contribution in [3.05, 3.63) is 127 Å². The van der Waals surface area contributed by atoms with E-state index >= 15 is 0 Å². The first-order valence-corrected chi connectivity index (χ1v) is 19.4. The Kier molecular flexibility index (Phi) is 9.73. The fourth-order valence-corrected chi connectivity index (χ4v) is 10.1. The molecule has 0 aromatic heterocycles. The molecule has 4 atom stereocenters. The second-order valence-electron chi connectivity index (χ2n) is 14.8. The van der Waals surface area contributed by atoms with E-state index < -0.39 is 46.8 Å². The van der Waals surface area contributed by atoms with Crippen molar-refractivity contribution in [1.82, 2.24) is 19.6 Å². The molecule has 8 rings (SSSR count). The maximum Gasteiger partial charge on any atom is 0.332 e. The summed E-state index contributed by atoms with van der Waals surface area (Å²) in [6.07, 6.45) is 0. The number of benzene rings is 4. The number of nitrogens with zero attached hydrogens (tertiary/aromatic N) is 8. The van der Waals surface area contributed by atoms with Crippen LogP contribution in [0.2, 0.25) is 20.1 Å². The van der Waals surface area contributed by atoms with E-state index in [-0.39, 0.29) is 41.2 Å². The van der Waals surface area contributed by atoms with Crippen LogP contribution in [-0.2, 0) is 9.59 Å². The van der Waals surface area contributed by atoms with Crippen LogP contribution in [0.1, 0.15) is 34.1 Å². The van der Waals surface area contributed by atoms with Crippen molar-refractivity contribution in [3.63, 3.8) is 0 Å². The lowest BCUT2D eigenvalue weighted by molar-refractivity contribution is -0.288. The zero-order valence-corrected chi connectivity index (χ0v) is 33.6. The van der Waals surface area contributed by atoms with Gasteiger partial charge in [-0.15, -0.1) is 0 Å². The second kappa shape index (κ2) is 14.3. The van der Waals surface area contributed by atoms with E-state index in [1.54, 1.807) is 62.6 Å². The third-order valence-corrected chi connectivity index (χ3v) is 12.7. The van der Waals surface area contributed by atoms with Gasteiger partial charge in [0.1, 0.15) is 11.1 Å². The Balaban J connectivity index is 1.17. The SMILES string of the molecule is CN1C(=O)N(c2cc(Cl)cc(Cl)c2)C(=O)[C@]12CN(CN1C[C@@H](c3ccc(C#N)cc3)[C@]3(C1)C(=O)N(c1cc(Cl)cc([ClH+])c1)C(=O)N3C)CC2c1ccc(C#N)cc1. The number of hydrogen-bond acceptors (Lipinski definition) is 8. The predicted molar refractivity (Wildman–Crippen MR) is 211 cm³/mol. The molecule has 4 aromatic rings. The van der Waals surface area contributed by atoms with E-state index in [4.69, 9.17) is 46.4 Å². The standard InChI is InChI=1S/C41H33Cl4N8O4/c1-48-38(56)52(32-13-28(42)11-29(43)14-32)36(54)40(48)21-50(19-34(40)26-7-3-24(17-46)4-8-26)23-51-20-35(27-9-5-25(18-47)6-10-27)41(22-51)37(55)53(39(57)49(41)2)33-15-30(44)12-31(45)16-33/h3-16,34-35,42H,19-23H2,1-2H3/q+1/t34-,35?,40+,41+/m0/s1. The number of amides is 6. The Morgan fingerprint density at radius 1 is 0.632 bits per heavy atom. The normalized spacial score (nSPS) is 25.1. The van der Waals surface area contributed by atoms with Crippen molar-refractivity contribution in [2.24, 2.45) is 0 Å². The summed E-state index contributed by atoms with van der Waals surface area (Å²) in [5.74, 6) is -1.94. The van der Waals surface area contributed by atoms with E-state index in [0.717, 1.165) is 20.9 Å². The maximum atomic E-state index is 14.9. The Labute approximate surface area is 348 Å². The summed E-state index contributed by atoms with van der Waals surface area (Å²) in [4.78, 5) is 67.2. The molecule has 57 heavy (non-hydrogen) atoms. The largest absolute Gasteiger partial charge is 0.332 e. The van der Waals surface area contributed by atoms with Crippen LogP contribution < -0.4 is 9.80 Å². The molecule has 4 aliphatic heterocycles. The van der Waals surface area contributed by atoms with Crippen LogP contribution in [0.4, 0.5) is 21.0 Å². The van der Waals surface area contributed by atoms with Crippen molar-refractivity contribution in [1.29, 1.82) is 10.5 Å². The van der Waals surface area contributed by atoms with Crippen LogP contribution >= 0.6 is 34.8 Å². The summed E-state index contributed by atoms with van der Waals surface area (Å²) < 4.78 is 0. The summed E-state index contributed by atoms with van der Waals surface area (Å²) in [7, 11) is 3.22. The molecule has 12 nitrogen and oxygen atoms in total. The smallest absolute Gasteiger partial charge is 0.310 e. The van der Waals surface area contributed by atoms with Gasteiger partial charge in [-0.3, -0.25) is 19.4 Å². The summed E-state index contributed by atoms with van der Waals surface area (Å²) >= 11 is 24.4. The molecule has 4 saturated heterocycles. The molecule has 2 spiro atoms. The van der Waals surface area contributed by atoms with Gasteiger partial charge in [-0.05, 0) is 59.7 Å². The molecule has 4 aliphatic rings. The van der Waals surface area contributed by atoms with Gasteiger partial charge in [-0.2, -0.15) is 10.5 Å². The number of rotatable bonds is 6. The molecule has 6 amide bonds. The lowest BCUT2D eigenvalue weighted by Gasteiger charge is -2.34. The van der Waals surface area contributed by atoms with Gasteiger partial charge in [0.25, 0.3) is 11.8 Å². The minimum Gasteiger partial charge on any atom is -0.310 e. The Morgan fingerprint density at radius 2 is 1.02 bits per heavy atom. The first-order valence-electron chi connectivity index (χ1n) is 17.8. The van der Waals surface area contributed by atoms with Crippen LogP contribution in [0.25, 0.3) is 0 Å². The molecular formula is C41H33Cl4N8O4+. The van der Waals surface area contributed by atoms with Crippen molar-refractivity contribution in [2.75, 3.05) is 56.7 Å². The van der Waals surface area contributed by atoms with Crippen LogP contribution in [0, 0.1) is 34.3 Å². The summed E-state index contributed by atoms with van der Waals surface area (Å²) in [6.45, 7) is 1.21. The number of hydrogen-bond donors (Lipinski definition) is 0. The number of halogens is 4. The molecule has 4 aromatic carbocycles. The number of nitriles is 2. The van der Waals surface area contributed by atoms with E-state index in [1.807, 2.05) is 12.1 Å². The summed E-state index contributed by atoms with van der Waals surface area (Å²) in [6, 6.07) is 26.4.